The Bertz CT molecular complexity index is 534. The van der Waals surface area contributed by atoms with E-state index in [2.05, 4.69) is 11.5 Å². The predicted molar refractivity (Wildman–Crippen MR) is 76.8 cm³/mol. The number of rotatable bonds is 4. The second-order valence-electron chi connectivity index (χ2n) is 4.45. The van der Waals surface area contributed by atoms with Gasteiger partial charge in [0.25, 0.3) is 0 Å². The van der Waals surface area contributed by atoms with Gasteiger partial charge in [-0.25, -0.2) is 8.42 Å². The highest BCUT2D eigenvalue weighted by Crippen LogP contribution is 2.19. The molecule has 0 saturated carbocycles. The van der Waals surface area contributed by atoms with Gasteiger partial charge in [0.05, 0.1) is 4.90 Å². The zero-order valence-electron chi connectivity index (χ0n) is 10.6. The lowest BCUT2D eigenvalue weighted by Crippen LogP contribution is -2.48. The molecule has 0 aromatic heterocycles. The molecule has 0 amide bonds. The molecule has 1 aromatic rings. The normalized spacial score (nSPS) is 18.4. The molecular formula is C13H17ClN2O2S. The van der Waals surface area contributed by atoms with Gasteiger partial charge in [0.15, 0.2) is 0 Å². The van der Waals surface area contributed by atoms with Crippen molar-refractivity contribution in [3.8, 4) is 0 Å². The zero-order chi connectivity index (χ0) is 13.9. The Kier molecular flexibility index (Phi) is 4.62. The molecule has 0 unspecified atom stereocenters. The molecule has 0 bridgehead atoms. The van der Waals surface area contributed by atoms with Crippen LogP contribution in [0.25, 0.3) is 0 Å². The van der Waals surface area contributed by atoms with Crippen molar-refractivity contribution in [3.63, 3.8) is 0 Å². The van der Waals surface area contributed by atoms with E-state index in [1.807, 2.05) is 6.08 Å². The van der Waals surface area contributed by atoms with Gasteiger partial charge in [0.1, 0.15) is 0 Å². The van der Waals surface area contributed by atoms with Gasteiger partial charge in [-0.2, -0.15) is 4.31 Å². The van der Waals surface area contributed by atoms with Crippen LogP contribution in [-0.2, 0) is 10.0 Å². The molecule has 19 heavy (non-hydrogen) atoms. The Morgan fingerprint density at radius 2 is 1.74 bits per heavy atom. The molecule has 0 radical (unpaired) electrons. The number of halogens is 1. The van der Waals surface area contributed by atoms with Gasteiger partial charge < -0.3 is 0 Å². The van der Waals surface area contributed by atoms with E-state index in [1.54, 1.807) is 24.3 Å². The average Bonchev–Trinajstić information content (AvgIpc) is 2.40. The second kappa shape index (κ2) is 6.05. The van der Waals surface area contributed by atoms with Crippen LogP contribution >= 0.6 is 11.6 Å². The Morgan fingerprint density at radius 1 is 1.16 bits per heavy atom. The van der Waals surface area contributed by atoms with E-state index in [-0.39, 0.29) is 0 Å². The van der Waals surface area contributed by atoms with Crippen LogP contribution in [0.15, 0.2) is 41.8 Å². The van der Waals surface area contributed by atoms with Crippen molar-refractivity contribution in [2.75, 3.05) is 32.7 Å². The molecule has 0 N–H and O–H groups in total. The molecule has 0 atom stereocenters. The summed E-state index contributed by atoms with van der Waals surface area (Å²) < 4.78 is 26.3. The Morgan fingerprint density at radius 3 is 2.26 bits per heavy atom. The van der Waals surface area contributed by atoms with Crippen molar-refractivity contribution in [2.45, 2.75) is 4.90 Å². The van der Waals surface area contributed by atoms with Crippen LogP contribution in [0, 0.1) is 0 Å². The first kappa shape index (κ1) is 14.5. The first-order valence-corrected chi connectivity index (χ1v) is 7.95. The summed E-state index contributed by atoms with van der Waals surface area (Å²) in [7, 11) is -3.39. The SMILES string of the molecule is C=CCN1CCN(S(=O)(=O)c2ccc(Cl)cc2)CC1. The van der Waals surface area contributed by atoms with E-state index in [9.17, 15) is 8.42 Å². The molecule has 1 aromatic carbocycles. The van der Waals surface area contributed by atoms with Gasteiger partial charge in [-0.1, -0.05) is 17.7 Å². The van der Waals surface area contributed by atoms with E-state index in [0.717, 1.165) is 19.6 Å². The quantitative estimate of drug-likeness (QED) is 0.797. The molecule has 1 aliphatic rings. The molecule has 0 spiro atoms. The molecule has 0 aliphatic carbocycles. The summed E-state index contributed by atoms with van der Waals surface area (Å²) in [6, 6.07) is 6.30. The number of hydrogen-bond donors (Lipinski definition) is 0. The fourth-order valence-corrected chi connectivity index (χ4v) is 3.64. The van der Waals surface area contributed by atoms with Crippen molar-refractivity contribution in [2.24, 2.45) is 0 Å². The third-order valence-electron chi connectivity index (χ3n) is 3.17. The van der Waals surface area contributed by atoms with Crippen molar-refractivity contribution in [3.05, 3.63) is 41.9 Å². The summed E-state index contributed by atoms with van der Waals surface area (Å²) in [6.45, 7) is 6.99. The van der Waals surface area contributed by atoms with Crippen molar-refractivity contribution in [1.82, 2.24) is 9.21 Å². The largest absolute Gasteiger partial charge is 0.297 e. The van der Waals surface area contributed by atoms with Crippen LogP contribution in [0.1, 0.15) is 0 Å². The molecule has 6 heteroatoms. The highest BCUT2D eigenvalue weighted by molar-refractivity contribution is 7.89. The molecule has 1 aliphatic heterocycles. The summed E-state index contributed by atoms with van der Waals surface area (Å²) in [4.78, 5) is 2.48. The van der Waals surface area contributed by atoms with Crippen molar-refractivity contribution < 1.29 is 8.42 Å². The fourth-order valence-electron chi connectivity index (χ4n) is 2.09. The van der Waals surface area contributed by atoms with Gasteiger partial charge in [0, 0.05) is 37.7 Å². The molecule has 1 fully saturated rings. The van der Waals surface area contributed by atoms with Crippen LogP contribution in [0.3, 0.4) is 0 Å². The number of hydrogen-bond acceptors (Lipinski definition) is 3. The lowest BCUT2D eigenvalue weighted by Gasteiger charge is -2.33. The Labute approximate surface area is 119 Å². The van der Waals surface area contributed by atoms with Gasteiger partial charge in [-0.3, -0.25) is 4.90 Å². The predicted octanol–water partition coefficient (Wildman–Crippen LogP) is 1.83. The fraction of sp³-hybridized carbons (Fsp3) is 0.385. The summed E-state index contributed by atoms with van der Waals surface area (Å²) in [5, 5.41) is 0.537. The summed E-state index contributed by atoms with van der Waals surface area (Å²) in [6.07, 6.45) is 1.84. The molecule has 4 nitrogen and oxygen atoms in total. The third kappa shape index (κ3) is 3.36. The van der Waals surface area contributed by atoms with E-state index >= 15 is 0 Å². The lowest BCUT2D eigenvalue weighted by molar-refractivity contribution is 0.204. The Balaban J connectivity index is 2.09. The maximum atomic E-state index is 12.4. The van der Waals surface area contributed by atoms with Gasteiger partial charge in [0.2, 0.25) is 10.0 Å². The van der Waals surface area contributed by atoms with Crippen LogP contribution in [0.4, 0.5) is 0 Å². The van der Waals surface area contributed by atoms with Crippen molar-refractivity contribution in [1.29, 1.82) is 0 Å². The van der Waals surface area contributed by atoms with Gasteiger partial charge >= 0.3 is 0 Å². The highest BCUT2D eigenvalue weighted by atomic mass is 35.5. The number of benzene rings is 1. The number of piperazine rings is 1. The molecule has 1 saturated heterocycles. The molecule has 1 heterocycles. The van der Waals surface area contributed by atoms with Crippen LogP contribution in [-0.4, -0.2) is 50.3 Å². The van der Waals surface area contributed by atoms with Crippen LogP contribution < -0.4 is 0 Å². The van der Waals surface area contributed by atoms with E-state index < -0.39 is 10.0 Å². The van der Waals surface area contributed by atoms with Gasteiger partial charge in [-0.05, 0) is 24.3 Å². The zero-order valence-corrected chi connectivity index (χ0v) is 12.2. The standard InChI is InChI=1S/C13H17ClN2O2S/c1-2-7-15-8-10-16(11-9-15)19(17,18)13-5-3-12(14)4-6-13/h2-6H,1,7-11H2. The summed E-state index contributed by atoms with van der Waals surface area (Å²) in [5.74, 6) is 0. The first-order chi connectivity index (χ1) is 9.04. The Hall–Kier alpha value is -0.880. The minimum absolute atomic E-state index is 0.300. The minimum atomic E-state index is -3.39. The summed E-state index contributed by atoms with van der Waals surface area (Å²) in [5.41, 5.74) is 0. The van der Waals surface area contributed by atoms with E-state index in [0.29, 0.717) is 23.0 Å². The monoisotopic (exact) mass is 300 g/mol. The first-order valence-electron chi connectivity index (χ1n) is 6.13. The second-order valence-corrected chi connectivity index (χ2v) is 6.82. The average molecular weight is 301 g/mol. The molecule has 104 valence electrons. The van der Waals surface area contributed by atoms with Gasteiger partial charge in [-0.15, -0.1) is 6.58 Å². The number of sulfonamides is 1. The minimum Gasteiger partial charge on any atom is -0.297 e. The lowest BCUT2D eigenvalue weighted by atomic mass is 10.3. The van der Waals surface area contributed by atoms with E-state index in [4.69, 9.17) is 11.6 Å². The maximum Gasteiger partial charge on any atom is 0.243 e. The van der Waals surface area contributed by atoms with E-state index in [1.165, 1.54) is 4.31 Å². The third-order valence-corrected chi connectivity index (χ3v) is 5.33. The summed E-state index contributed by atoms with van der Waals surface area (Å²) >= 11 is 5.78. The van der Waals surface area contributed by atoms with Crippen LogP contribution in [0.2, 0.25) is 5.02 Å². The number of nitrogens with zero attached hydrogens (tertiary/aromatic N) is 2. The van der Waals surface area contributed by atoms with Crippen molar-refractivity contribution >= 4 is 21.6 Å². The molecular weight excluding hydrogens is 284 g/mol. The highest BCUT2D eigenvalue weighted by Gasteiger charge is 2.27. The maximum absolute atomic E-state index is 12.4. The smallest absolute Gasteiger partial charge is 0.243 e. The molecule has 2 rings (SSSR count). The van der Waals surface area contributed by atoms with Crippen LogP contribution in [0.5, 0.6) is 0 Å². The topological polar surface area (TPSA) is 40.6 Å².